The first-order valence-electron chi connectivity index (χ1n) is 5.65. The lowest BCUT2D eigenvalue weighted by molar-refractivity contribution is -0.126. The Balaban J connectivity index is 1.75. The van der Waals surface area contributed by atoms with E-state index in [1.165, 1.54) is 0 Å². The SMILES string of the molecule is NC1(C(=O)NCCc2cscn2)CCCC1. The number of nitrogens with two attached hydrogens (primary N) is 1. The second kappa shape index (κ2) is 4.93. The first-order valence-corrected chi connectivity index (χ1v) is 6.59. The molecule has 0 spiro atoms. The summed E-state index contributed by atoms with van der Waals surface area (Å²) < 4.78 is 0. The summed E-state index contributed by atoms with van der Waals surface area (Å²) in [5.74, 6) is 0.000213. The Bertz CT molecular complexity index is 344. The molecule has 2 rings (SSSR count). The predicted octanol–water partition coefficient (Wildman–Crippen LogP) is 1.07. The van der Waals surface area contributed by atoms with Crippen LogP contribution >= 0.6 is 11.3 Å². The minimum absolute atomic E-state index is 0.000213. The third-order valence-electron chi connectivity index (χ3n) is 3.10. The standard InChI is InChI=1S/C11H17N3OS/c12-11(4-1-2-5-11)10(15)13-6-3-9-7-16-8-14-9/h7-8H,1-6,12H2,(H,13,15). The van der Waals surface area contributed by atoms with Crippen LogP contribution in [-0.4, -0.2) is 23.0 Å². The van der Waals surface area contributed by atoms with Crippen LogP contribution in [0.4, 0.5) is 0 Å². The van der Waals surface area contributed by atoms with Gasteiger partial charge in [-0.25, -0.2) is 4.98 Å². The van der Waals surface area contributed by atoms with Crippen molar-refractivity contribution in [2.75, 3.05) is 6.54 Å². The number of hydrogen-bond acceptors (Lipinski definition) is 4. The van der Waals surface area contributed by atoms with Gasteiger partial charge in [-0.3, -0.25) is 4.79 Å². The van der Waals surface area contributed by atoms with Gasteiger partial charge in [0.2, 0.25) is 5.91 Å². The third-order valence-corrected chi connectivity index (χ3v) is 3.73. The summed E-state index contributed by atoms with van der Waals surface area (Å²) in [5.41, 5.74) is 8.26. The molecule has 1 fully saturated rings. The molecule has 3 N–H and O–H groups in total. The Morgan fingerprint density at radius 3 is 2.94 bits per heavy atom. The molecular formula is C11H17N3OS. The molecule has 0 atom stereocenters. The number of thiazole rings is 1. The molecule has 0 bridgehead atoms. The Morgan fingerprint density at radius 2 is 2.31 bits per heavy atom. The van der Waals surface area contributed by atoms with Crippen LogP contribution in [0.15, 0.2) is 10.9 Å². The molecule has 16 heavy (non-hydrogen) atoms. The van der Waals surface area contributed by atoms with E-state index in [0.29, 0.717) is 6.54 Å². The van der Waals surface area contributed by atoms with E-state index in [4.69, 9.17) is 5.73 Å². The van der Waals surface area contributed by atoms with E-state index in [1.54, 1.807) is 16.8 Å². The van der Waals surface area contributed by atoms with Crippen molar-refractivity contribution in [3.05, 3.63) is 16.6 Å². The number of carbonyl (C=O) groups is 1. The van der Waals surface area contributed by atoms with Crippen molar-refractivity contribution in [2.45, 2.75) is 37.6 Å². The molecule has 1 amide bonds. The fourth-order valence-electron chi connectivity index (χ4n) is 2.07. The maximum atomic E-state index is 11.8. The van der Waals surface area contributed by atoms with Gasteiger partial charge >= 0.3 is 0 Å². The fraction of sp³-hybridized carbons (Fsp3) is 0.636. The number of nitrogens with one attached hydrogen (secondary N) is 1. The summed E-state index contributed by atoms with van der Waals surface area (Å²) in [5, 5.41) is 4.90. The molecule has 0 aliphatic heterocycles. The van der Waals surface area contributed by atoms with Gasteiger partial charge in [-0.1, -0.05) is 12.8 Å². The van der Waals surface area contributed by atoms with Crippen molar-refractivity contribution in [3.8, 4) is 0 Å². The summed E-state index contributed by atoms with van der Waals surface area (Å²) >= 11 is 1.57. The van der Waals surface area contributed by atoms with Crippen LogP contribution in [0, 0.1) is 0 Å². The van der Waals surface area contributed by atoms with E-state index in [9.17, 15) is 4.79 Å². The molecule has 0 aromatic carbocycles. The van der Waals surface area contributed by atoms with Gasteiger partial charge in [-0.05, 0) is 12.8 Å². The second-order valence-electron chi connectivity index (χ2n) is 4.35. The summed E-state index contributed by atoms with van der Waals surface area (Å²) in [6, 6.07) is 0. The zero-order chi connectivity index (χ0) is 11.4. The molecule has 0 radical (unpaired) electrons. The van der Waals surface area contributed by atoms with Crippen molar-refractivity contribution < 1.29 is 4.79 Å². The van der Waals surface area contributed by atoms with E-state index in [-0.39, 0.29) is 5.91 Å². The van der Waals surface area contributed by atoms with Crippen LogP contribution < -0.4 is 11.1 Å². The third kappa shape index (κ3) is 2.59. The average molecular weight is 239 g/mol. The Kier molecular flexibility index (Phi) is 3.56. The van der Waals surface area contributed by atoms with Crippen LogP contribution in [0.1, 0.15) is 31.4 Å². The fourth-order valence-corrected chi connectivity index (χ4v) is 2.67. The summed E-state index contributed by atoms with van der Waals surface area (Å²) in [4.78, 5) is 16.0. The van der Waals surface area contributed by atoms with Gasteiger partial charge in [-0.15, -0.1) is 11.3 Å². The topological polar surface area (TPSA) is 68.0 Å². The molecule has 4 nitrogen and oxygen atoms in total. The van der Waals surface area contributed by atoms with E-state index in [1.807, 2.05) is 5.38 Å². The van der Waals surface area contributed by atoms with Gasteiger partial charge in [0.05, 0.1) is 16.7 Å². The highest BCUT2D eigenvalue weighted by Crippen LogP contribution is 2.27. The monoisotopic (exact) mass is 239 g/mol. The van der Waals surface area contributed by atoms with E-state index in [2.05, 4.69) is 10.3 Å². The van der Waals surface area contributed by atoms with E-state index < -0.39 is 5.54 Å². The van der Waals surface area contributed by atoms with Crippen molar-refractivity contribution in [1.82, 2.24) is 10.3 Å². The number of hydrogen-bond donors (Lipinski definition) is 2. The van der Waals surface area contributed by atoms with Gasteiger partial charge in [-0.2, -0.15) is 0 Å². The molecular weight excluding hydrogens is 222 g/mol. The van der Waals surface area contributed by atoms with Crippen LogP contribution in [0.25, 0.3) is 0 Å². The summed E-state index contributed by atoms with van der Waals surface area (Å²) in [7, 11) is 0. The zero-order valence-electron chi connectivity index (χ0n) is 9.24. The first kappa shape index (κ1) is 11.5. The van der Waals surface area contributed by atoms with Gasteiger partial charge in [0, 0.05) is 18.3 Å². The quantitative estimate of drug-likeness (QED) is 0.826. The normalized spacial score (nSPS) is 18.6. The van der Waals surface area contributed by atoms with Gasteiger partial charge in [0.25, 0.3) is 0 Å². The maximum absolute atomic E-state index is 11.8. The smallest absolute Gasteiger partial charge is 0.240 e. The highest BCUT2D eigenvalue weighted by Gasteiger charge is 2.36. The first-order chi connectivity index (χ1) is 7.71. The van der Waals surface area contributed by atoms with Gasteiger partial charge in [0.15, 0.2) is 0 Å². The van der Waals surface area contributed by atoms with E-state index >= 15 is 0 Å². The number of amides is 1. The van der Waals surface area contributed by atoms with Gasteiger partial charge in [0.1, 0.15) is 0 Å². The lowest BCUT2D eigenvalue weighted by atomic mass is 9.98. The molecule has 1 aromatic rings. The Morgan fingerprint density at radius 1 is 1.56 bits per heavy atom. The van der Waals surface area contributed by atoms with Gasteiger partial charge < -0.3 is 11.1 Å². The molecule has 1 saturated carbocycles. The molecule has 1 heterocycles. The predicted molar refractivity (Wildman–Crippen MR) is 64.2 cm³/mol. The average Bonchev–Trinajstić information content (AvgIpc) is 2.90. The highest BCUT2D eigenvalue weighted by molar-refractivity contribution is 7.07. The molecule has 0 unspecified atom stereocenters. The Hall–Kier alpha value is -0.940. The summed E-state index contributed by atoms with van der Waals surface area (Å²) in [6.07, 6.45) is 4.54. The number of rotatable bonds is 4. The van der Waals surface area contributed by atoms with Crippen molar-refractivity contribution in [3.63, 3.8) is 0 Å². The Labute approximate surface area is 99.3 Å². The molecule has 1 aliphatic rings. The molecule has 0 saturated heterocycles. The van der Waals surface area contributed by atoms with Crippen LogP contribution in [-0.2, 0) is 11.2 Å². The molecule has 5 heteroatoms. The zero-order valence-corrected chi connectivity index (χ0v) is 10.1. The minimum atomic E-state index is -0.609. The largest absolute Gasteiger partial charge is 0.354 e. The molecule has 1 aliphatic carbocycles. The van der Waals surface area contributed by atoms with Crippen LogP contribution in [0.2, 0.25) is 0 Å². The number of carbonyl (C=O) groups excluding carboxylic acids is 1. The van der Waals surface area contributed by atoms with Crippen LogP contribution in [0.5, 0.6) is 0 Å². The maximum Gasteiger partial charge on any atom is 0.240 e. The molecule has 88 valence electrons. The van der Waals surface area contributed by atoms with Crippen molar-refractivity contribution in [2.24, 2.45) is 5.73 Å². The van der Waals surface area contributed by atoms with Crippen molar-refractivity contribution >= 4 is 17.2 Å². The number of aromatic nitrogens is 1. The van der Waals surface area contributed by atoms with E-state index in [0.717, 1.165) is 37.8 Å². The lowest BCUT2D eigenvalue weighted by Crippen LogP contribution is -2.52. The molecule has 1 aromatic heterocycles. The number of nitrogens with zero attached hydrogens (tertiary/aromatic N) is 1. The minimum Gasteiger partial charge on any atom is -0.354 e. The van der Waals surface area contributed by atoms with Crippen molar-refractivity contribution in [1.29, 1.82) is 0 Å². The second-order valence-corrected chi connectivity index (χ2v) is 5.07. The lowest BCUT2D eigenvalue weighted by Gasteiger charge is -2.22. The highest BCUT2D eigenvalue weighted by atomic mass is 32.1. The summed E-state index contributed by atoms with van der Waals surface area (Å²) in [6.45, 7) is 0.627. The van der Waals surface area contributed by atoms with Crippen LogP contribution in [0.3, 0.4) is 0 Å².